The second-order valence-electron chi connectivity index (χ2n) is 9.76. The van der Waals surface area contributed by atoms with Crippen molar-refractivity contribution in [2.24, 2.45) is 22.2 Å². The van der Waals surface area contributed by atoms with Crippen LogP contribution in [-0.2, 0) is 9.53 Å². The van der Waals surface area contributed by atoms with Crippen LogP contribution in [0.1, 0.15) is 66.2 Å². The Bertz CT molecular complexity index is 669. The van der Waals surface area contributed by atoms with Crippen LogP contribution in [0.5, 0.6) is 0 Å². The highest BCUT2D eigenvalue weighted by Crippen LogP contribution is 2.72. The highest BCUT2D eigenvalue weighted by atomic mass is 16.7. The lowest BCUT2D eigenvalue weighted by molar-refractivity contribution is -0.289. The van der Waals surface area contributed by atoms with Crippen molar-refractivity contribution in [3.8, 4) is 0 Å². The lowest BCUT2D eigenvalue weighted by Gasteiger charge is -2.62. The minimum absolute atomic E-state index is 0.158. The van der Waals surface area contributed by atoms with Crippen molar-refractivity contribution in [2.75, 3.05) is 0 Å². The Balaban J connectivity index is 2.00. The van der Waals surface area contributed by atoms with Crippen molar-refractivity contribution >= 4 is 5.97 Å². The van der Waals surface area contributed by atoms with Gasteiger partial charge in [0, 0.05) is 0 Å². The Morgan fingerprint density at radius 2 is 1.84 bits per heavy atom. The third kappa shape index (κ3) is 1.77. The lowest BCUT2D eigenvalue weighted by atomic mass is 9.42. The molecule has 1 saturated heterocycles. The summed E-state index contributed by atoms with van der Waals surface area (Å²) in [7, 11) is 0. The van der Waals surface area contributed by atoms with Gasteiger partial charge in [-0.05, 0) is 48.5 Å². The number of esters is 1. The molecule has 2 bridgehead atoms. The third-order valence-corrected chi connectivity index (χ3v) is 7.97. The molecule has 5 nitrogen and oxygen atoms in total. The van der Waals surface area contributed by atoms with E-state index < -0.39 is 40.2 Å². The number of aliphatic hydroxyl groups is 3. The van der Waals surface area contributed by atoms with E-state index in [0.29, 0.717) is 18.4 Å². The van der Waals surface area contributed by atoms with Gasteiger partial charge in [0.2, 0.25) is 5.79 Å². The summed E-state index contributed by atoms with van der Waals surface area (Å²) in [4.78, 5) is 13.1. The number of allylic oxidation sites excluding steroid dienone is 1. The molecule has 0 unspecified atom stereocenters. The first kappa shape index (κ1) is 17.5. The highest BCUT2D eigenvalue weighted by Gasteiger charge is 2.83. The van der Waals surface area contributed by atoms with E-state index in [0.717, 1.165) is 25.7 Å². The number of carbonyl (C=O) groups excluding carboxylic acids is 1. The first-order chi connectivity index (χ1) is 11.5. The summed E-state index contributed by atoms with van der Waals surface area (Å²) in [6.07, 6.45) is 4.67. The monoisotopic (exact) mass is 350 g/mol. The maximum atomic E-state index is 13.1. The number of hydrogen-bond donors (Lipinski definition) is 3. The molecule has 0 aromatic rings. The van der Waals surface area contributed by atoms with Gasteiger partial charge in [0.15, 0.2) is 0 Å². The van der Waals surface area contributed by atoms with Crippen LogP contribution >= 0.6 is 0 Å². The van der Waals surface area contributed by atoms with Gasteiger partial charge in [-0.25, -0.2) is 0 Å². The maximum Gasteiger partial charge on any atom is 0.318 e. The average molecular weight is 350 g/mol. The van der Waals surface area contributed by atoms with E-state index in [9.17, 15) is 20.1 Å². The van der Waals surface area contributed by atoms with Crippen molar-refractivity contribution in [1.82, 2.24) is 0 Å². The zero-order chi connectivity index (χ0) is 18.5. The van der Waals surface area contributed by atoms with E-state index in [4.69, 9.17) is 4.74 Å². The fraction of sp³-hybridized carbons (Fsp3) is 0.850. The molecular formula is C20H30O5. The molecule has 140 valence electrons. The molecule has 0 radical (unpaired) electrons. The van der Waals surface area contributed by atoms with Crippen LogP contribution in [0.25, 0.3) is 0 Å². The topological polar surface area (TPSA) is 87.0 Å². The zero-order valence-corrected chi connectivity index (χ0v) is 15.6. The number of carbonyl (C=O) groups is 1. The van der Waals surface area contributed by atoms with Gasteiger partial charge in [0.05, 0.1) is 5.92 Å². The van der Waals surface area contributed by atoms with Crippen LogP contribution in [0.2, 0.25) is 0 Å². The van der Waals surface area contributed by atoms with E-state index in [1.807, 2.05) is 19.9 Å². The fourth-order valence-electron chi connectivity index (χ4n) is 6.50. The van der Waals surface area contributed by atoms with Crippen LogP contribution in [0.15, 0.2) is 11.6 Å². The van der Waals surface area contributed by atoms with Gasteiger partial charge in [-0.2, -0.15) is 0 Å². The van der Waals surface area contributed by atoms with Crippen molar-refractivity contribution in [1.29, 1.82) is 0 Å². The SMILES string of the molecule is CC[C@]1(C)C=C2[C@@H](O)[C@]3(O)OC(=O)[C@@]4(CCCC(C)(C)[C@H]34)[C@@]2(O)CC1. The predicted molar refractivity (Wildman–Crippen MR) is 91.3 cm³/mol. The molecule has 1 heterocycles. The molecule has 3 aliphatic carbocycles. The summed E-state index contributed by atoms with van der Waals surface area (Å²) in [6.45, 7) is 8.17. The molecule has 1 aliphatic heterocycles. The minimum Gasteiger partial charge on any atom is -0.429 e. The third-order valence-electron chi connectivity index (χ3n) is 7.97. The lowest BCUT2D eigenvalue weighted by Crippen LogP contribution is -2.71. The van der Waals surface area contributed by atoms with Crippen molar-refractivity contribution in [3.05, 3.63) is 11.6 Å². The molecule has 3 N–H and O–H groups in total. The van der Waals surface area contributed by atoms with Crippen molar-refractivity contribution < 1.29 is 24.9 Å². The van der Waals surface area contributed by atoms with Gasteiger partial charge in [-0.15, -0.1) is 0 Å². The molecule has 0 aromatic carbocycles. The summed E-state index contributed by atoms with van der Waals surface area (Å²) < 4.78 is 5.48. The molecule has 0 aromatic heterocycles. The van der Waals surface area contributed by atoms with Gasteiger partial charge >= 0.3 is 5.97 Å². The Hall–Kier alpha value is -0.910. The summed E-state index contributed by atoms with van der Waals surface area (Å²) >= 11 is 0. The molecule has 25 heavy (non-hydrogen) atoms. The Kier molecular flexibility index (Phi) is 3.27. The minimum atomic E-state index is -1.95. The normalized spacial score (nSPS) is 53.6. The van der Waals surface area contributed by atoms with Gasteiger partial charge < -0.3 is 20.1 Å². The number of ether oxygens (including phenoxy) is 1. The first-order valence-corrected chi connectivity index (χ1v) is 9.56. The van der Waals surface area contributed by atoms with Gasteiger partial charge in [0.1, 0.15) is 17.1 Å². The Morgan fingerprint density at radius 1 is 1.16 bits per heavy atom. The van der Waals surface area contributed by atoms with Gasteiger partial charge in [0.25, 0.3) is 0 Å². The summed E-state index contributed by atoms with van der Waals surface area (Å²) in [5.41, 5.74) is -2.78. The highest BCUT2D eigenvalue weighted by molar-refractivity contribution is 5.85. The number of aliphatic hydroxyl groups excluding tert-OH is 1. The number of hydrogen-bond acceptors (Lipinski definition) is 5. The molecular weight excluding hydrogens is 320 g/mol. The second-order valence-corrected chi connectivity index (χ2v) is 9.76. The van der Waals surface area contributed by atoms with Crippen LogP contribution in [0, 0.1) is 22.2 Å². The van der Waals surface area contributed by atoms with Crippen LogP contribution in [0.3, 0.4) is 0 Å². The fourth-order valence-corrected chi connectivity index (χ4v) is 6.50. The standard InChI is InChI=1S/C20H30O5/c1-5-17(4)9-10-19(23)12(11-17)13(21)20(24)14-16(2,3)7-6-8-18(14,19)15(22)25-20/h11,13-14,21,23-24H,5-10H2,1-4H3/t13-,14+,17+,18+,19-,20+/m1/s1. The quantitative estimate of drug-likeness (QED) is 0.499. The molecule has 6 atom stereocenters. The average Bonchev–Trinajstić information content (AvgIpc) is 2.77. The van der Waals surface area contributed by atoms with Gasteiger partial charge in [-0.1, -0.05) is 40.2 Å². The predicted octanol–water partition coefficient (Wildman–Crippen LogP) is 2.29. The second kappa shape index (κ2) is 4.68. The molecule has 0 amide bonds. The number of fused-ring (bicyclic) bond motifs is 1. The number of rotatable bonds is 1. The summed E-state index contributed by atoms with van der Waals surface area (Å²) in [5.74, 6) is -3.11. The molecule has 4 rings (SSSR count). The van der Waals surface area contributed by atoms with Gasteiger partial charge in [-0.3, -0.25) is 4.79 Å². The Labute approximate surface area is 149 Å². The van der Waals surface area contributed by atoms with E-state index in [2.05, 4.69) is 13.8 Å². The largest absolute Gasteiger partial charge is 0.429 e. The Morgan fingerprint density at radius 3 is 2.48 bits per heavy atom. The summed E-state index contributed by atoms with van der Waals surface area (Å²) in [6, 6.07) is 0. The first-order valence-electron chi connectivity index (χ1n) is 9.56. The molecule has 0 spiro atoms. The molecule has 3 fully saturated rings. The van der Waals surface area contributed by atoms with E-state index in [-0.39, 0.29) is 5.41 Å². The zero-order valence-electron chi connectivity index (χ0n) is 15.6. The molecule has 5 heteroatoms. The summed E-state index contributed by atoms with van der Waals surface area (Å²) in [5, 5.41) is 34.2. The maximum absolute atomic E-state index is 13.1. The molecule has 4 aliphatic rings. The van der Waals surface area contributed by atoms with Crippen LogP contribution in [0.4, 0.5) is 0 Å². The van der Waals surface area contributed by atoms with Crippen molar-refractivity contribution in [3.63, 3.8) is 0 Å². The van der Waals surface area contributed by atoms with Crippen LogP contribution < -0.4 is 0 Å². The molecule has 2 saturated carbocycles. The van der Waals surface area contributed by atoms with E-state index in [1.165, 1.54) is 0 Å². The van der Waals surface area contributed by atoms with E-state index in [1.54, 1.807) is 0 Å². The van der Waals surface area contributed by atoms with E-state index >= 15 is 0 Å². The van der Waals surface area contributed by atoms with Crippen molar-refractivity contribution in [2.45, 2.75) is 83.7 Å². The smallest absolute Gasteiger partial charge is 0.318 e. The van der Waals surface area contributed by atoms with Crippen LogP contribution in [-0.4, -0.2) is 38.8 Å².